The number of carbonyl (C=O) groups is 6. The summed E-state index contributed by atoms with van der Waals surface area (Å²) in [5, 5.41) is 12.6. The Hall–Kier alpha value is -6.30. The largest absolute Gasteiger partial charge is 0.478 e. The number of ether oxygens (including phenoxy) is 2. The van der Waals surface area contributed by atoms with Gasteiger partial charge in [0.1, 0.15) is 0 Å². The lowest BCUT2D eigenvalue weighted by Gasteiger charge is -2.23. The molecule has 2 atom stereocenters. The first-order valence-electron chi connectivity index (χ1n) is 13.9. The van der Waals surface area contributed by atoms with Crippen molar-refractivity contribution >= 4 is 41.3 Å². The summed E-state index contributed by atoms with van der Waals surface area (Å²) in [6, 6.07) is 26.2. The summed E-state index contributed by atoms with van der Waals surface area (Å²) in [4.78, 5) is 76.2. The maximum Gasteiger partial charge on any atom is 0.349 e. The van der Waals surface area contributed by atoms with Gasteiger partial charge in [0, 0.05) is 16.8 Å². The van der Waals surface area contributed by atoms with Gasteiger partial charge < -0.3 is 19.9 Å². The molecule has 3 amide bonds. The fourth-order valence-corrected chi connectivity index (χ4v) is 4.00. The Morgan fingerprint density at radius 3 is 1.50 bits per heavy atom. The fraction of sp³-hybridized carbons (Fsp3) is 0.118. The summed E-state index contributed by atoms with van der Waals surface area (Å²) in [7, 11) is 0. The highest BCUT2D eigenvalue weighted by Crippen LogP contribution is 2.15. The number of hydrogen-bond acceptors (Lipinski definition) is 8. The van der Waals surface area contributed by atoms with Crippen LogP contribution in [-0.4, -0.2) is 52.9 Å². The van der Waals surface area contributed by atoms with Gasteiger partial charge in [-0.15, -0.1) is 0 Å². The van der Waals surface area contributed by atoms with Crippen LogP contribution >= 0.6 is 0 Å². The number of aliphatic carboxylic acids is 1. The third-order valence-electron chi connectivity index (χ3n) is 6.56. The van der Waals surface area contributed by atoms with Crippen LogP contribution in [0.3, 0.4) is 0 Å². The van der Waals surface area contributed by atoms with E-state index < -0.39 is 41.9 Å². The highest BCUT2D eigenvalue weighted by Gasteiger charge is 2.41. The van der Waals surface area contributed by atoms with Crippen molar-refractivity contribution in [1.82, 2.24) is 10.9 Å². The molecule has 4 aromatic rings. The number of rotatable bonds is 10. The monoisotopic (exact) mass is 623 g/mol. The van der Waals surface area contributed by atoms with Crippen molar-refractivity contribution in [2.24, 2.45) is 0 Å². The third kappa shape index (κ3) is 8.63. The van der Waals surface area contributed by atoms with Crippen LogP contribution in [0.2, 0.25) is 0 Å². The highest BCUT2D eigenvalue weighted by atomic mass is 16.6. The summed E-state index contributed by atoms with van der Waals surface area (Å²) in [5.74, 6) is -6.40. The number of amides is 3. The van der Waals surface area contributed by atoms with E-state index in [2.05, 4.69) is 10.7 Å². The average molecular weight is 624 g/mol. The molecule has 234 valence electrons. The van der Waals surface area contributed by atoms with Crippen LogP contribution in [-0.2, 0) is 19.1 Å². The van der Waals surface area contributed by atoms with Gasteiger partial charge in [-0.25, -0.2) is 14.4 Å². The topological polar surface area (TPSA) is 177 Å². The number of nitrogens with one attached hydrogen (secondary N) is 3. The number of anilines is 1. The Balaban J connectivity index is 1.47. The maximum atomic E-state index is 13.2. The first-order chi connectivity index (χ1) is 22.0. The van der Waals surface area contributed by atoms with Gasteiger partial charge >= 0.3 is 17.9 Å². The molecule has 0 bridgehead atoms. The van der Waals surface area contributed by atoms with Crippen LogP contribution in [0.25, 0.3) is 0 Å². The molecule has 0 heterocycles. The number of hydrogen-bond donors (Lipinski definition) is 4. The van der Waals surface area contributed by atoms with Gasteiger partial charge in [0.15, 0.2) is 0 Å². The van der Waals surface area contributed by atoms with E-state index in [0.29, 0.717) is 11.3 Å². The number of benzene rings is 4. The molecule has 12 heteroatoms. The zero-order chi connectivity index (χ0) is 33.2. The van der Waals surface area contributed by atoms with Gasteiger partial charge in [-0.2, -0.15) is 0 Å². The summed E-state index contributed by atoms with van der Waals surface area (Å²) >= 11 is 0. The average Bonchev–Trinajstić information content (AvgIpc) is 3.06. The minimum atomic E-state index is -2.28. The van der Waals surface area contributed by atoms with Crippen LogP contribution in [0.4, 0.5) is 5.69 Å². The van der Waals surface area contributed by atoms with Gasteiger partial charge in [-0.3, -0.25) is 25.2 Å². The molecule has 4 N–H and O–H groups in total. The standard InChI is InChI=1S/C34H29N3O9/c1-20-8-12-24(13-9-20)33(43)45-27(28(32(41)42)46-34(44)25-14-10-21(2)11-15-25)31(40)37-36-30(39)23-16-18-26(19-17-23)35-29(38)22-6-4-3-5-7-22/h3-19,27-28H,1-2H3,(H,35,38)(H,36,39)(H,37,40)(H,41,42)/t27-,28+/m1/s1. The molecule has 0 aliphatic carbocycles. The molecule has 46 heavy (non-hydrogen) atoms. The molecule has 4 rings (SSSR count). The van der Waals surface area contributed by atoms with Crippen LogP contribution in [0.1, 0.15) is 52.6 Å². The molecule has 0 aromatic heterocycles. The van der Waals surface area contributed by atoms with Crippen LogP contribution in [0.5, 0.6) is 0 Å². The van der Waals surface area contributed by atoms with E-state index >= 15 is 0 Å². The Kier molecular flexibility index (Phi) is 10.6. The van der Waals surface area contributed by atoms with Gasteiger partial charge in [0.2, 0.25) is 12.2 Å². The molecule has 0 saturated carbocycles. The molecule has 0 aliphatic rings. The zero-order valence-corrected chi connectivity index (χ0v) is 24.7. The van der Waals surface area contributed by atoms with Crippen molar-refractivity contribution in [2.75, 3.05) is 5.32 Å². The van der Waals surface area contributed by atoms with Crippen molar-refractivity contribution < 1.29 is 43.3 Å². The Bertz CT molecular complexity index is 1740. The predicted octanol–water partition coefficient (Wildman–Crippen LogP) is 3.85. The van der Waals surface area contributed by atoms with Crippen molar-refractivity contribution in [3.63, 3.8) is 0 Å². The Morgan fingerprint density at radius 2 is 1.00 bits per heavy atom. The zero-order valence-electron chi connectivity index (χ0n) is 24.7. The van der Waals surface area contributed by atoms with E-state index in [1.807, 2.05) is 5.43 Å². The van der Waals surface area contributed by atoms with Gasteiger partial charge in [-0.05, 0) is 74.5 Å². The quantitative estimate of drug-likeness (QED) is 0.151. The SMILES string of the molecule is Cc1ccc(C(=O)O[C@H](C(=O)O)[C@@H](OC(=O)c2ccc(C)cc2)C(=O)NNC(=O)c2ccc(NC(=O)c3ccccc3)cc2)cc1. The van der Waals surface area contributed by atoms with E-state index in [4.69, 9.17) is 9.47 Å². The van der Waals surface area contributed by atoms with Gasteiger partial charge in [-0.1, -0.05) is 53.6 Å². The predicted molar refractivity (Wildman–Crippen MR) is 165 cm³/mol. The lowest BCUT2D eigenvalue weighted by Crippen LogP contribution is -2.54. The minimum absolute atomic E-state index is 0.000815. The summed E-state index contributed by atoms with van der Waals surface area (Å²) < 4.78 is 10.4. The summed E-state index contributed by atoms with van der Waals surface area (Å²) in [6.07, 6.45) is -4.50. The lowest BCUT2D eigenvalue weighted by atomic mass is 10.1. The minimum Gasteiger partial charge on any atom is -0.478 e. The van der Waals surface area contributed by atoms with E-state index in [9.17, 15) is 33.9 Å². The normalized spacial score (nSPS) is 11.7. The number of aryl methyl sites for hydroxylation is 2. The van der Waals surface area contributed by atoms with Crippen molar-refractivity contribution in [3.8, 4) is 0 Å². The lowest BCUT2D eigenvalue weighted by molar-refractivity contribution is -0.159. The molecular weight excluding hydrogens is 594 g/mol. The first-order valence-corrected chi connectivity index (χ1v) is 13.9. The van der Waals surface area contributed by atoms with Crippen LogP contribution in [0, 0.1) is 13.8 Å². The second-order valence-electron chi connectivity index (χ2n) is 10.1. The molecule has 0 saturated heterocycles. The number of hydrazine groups is 1. The summed E-state index contributed by atoms with van der Waals surface area (Å²) in [6.45, 7) is 3.57. The number of carboxylic acids is 1. The van der Waals surface area contributed by atoms with E-state index in [1.54, 1.807) is 68.4 Å². The van der Waals surface area contributed by atoms with Gasteiger partial charge in [0.25, 0.3) is 17.7 Å². The maximum absolute atomic E-state index is 13.2. The molecule has 0 fully saturated rings. The van der Waals surface area contributed by atoms with E-state index in [-0.39, 0.29) is 22.6 Å². The van der Waals surface area contributed by atoms with Gasteiger partial charge in [0.05, 0.1) is 11.1 Å². The van der Waals surface area contributed by atoms with Crippen molar-refractivity contribution in [2.45, 2.75) is 26.1 Å². The number of esters is 2. The smallest absolute Gasteiger partial charge is 0.349 e. The van der Waals surface area contributed by atoms with Crippen molar-refractivity contribution in [3.05, 3.63) is 137 Å². The highest BCUT2D eigenvalue weighted by molar-refractivity contribution is 6.04. The third-order valence-corrected chi connectivity index (χ3v) is 6.56. The van der Waals surface area contributed by atoms with E-state index in [1.165, 1.54) is 48.5 Å². The van der Waals surface area contributed by atoms with Crippen molar-refractivity contribution in [1.29, 1.82) is 0 Å². The summed E-state index contributed by atoms with van der Waals surface area (Å²) in [5.41, 5.74) is 6.71. The number of carbonyl (C=O) groups excluding carboxylic acids is 5. The molecule has 12 nitrogen and oxygen atoms in total. The first kappa shape index (κ1) is 32.6. The van der Waals surface area contributed by atoms with Crippen LogP contribution < -0.4 is 16.2 Å². The fourth-order valence-electron chi connectivity index (χ4n) is 4.00. The van der Waals surface area contributed by atoms with E-state index in [0.717, 1.165) is 11.1 Å². The molecule has 0 aliphatic heterocycles. The second kappa shape index (κ2) is 14.9. The molecule has 0 unspecified atom stereocenters. The molecular formula is C34H29N3O9. The molecule has 4 aromatic carbocycles. The van der Waals surface area contributed by atoms with Crippen LogP contribution in [0.15, 0.2) is 103 Å². The Labute approximate surface area is 263 Å². The Morgan fingerprint density at radius 1 is 0.543 bits per heavy atom. The molecule has 0 spiro atoms. The number of carboxylic acid groups (broad SMARTS) is 1. The second-order valence-corrected chi connectivity index (χ2v) is 10.1. The molecule has 0 radical (unpaired) electrons.